The van der Waals surface area contributed by atoms with E-state index in [1.54, 1.807) is 63.1 Å². The van der Waals surface area contributed by atoms with E-state index in [9.17, 15) is 24.3 Å². The number of nitrogens with zero attached hydrogens (tertiary/aromatic N) is 6. The van der Waals surface area contributed by atoms with Crippen LogP contribution in [0.2, 0.25) is 0 Å². The van der Waals surface area contributed by atoms with Gasteiger partial charge in [-0.3, -0.25) is 19.4 Å². The van der Waals surface area contributed by atoms with Crippen molar-refractivity contribution in [3.63, 3.8) is 0 Å². The summed E-state index contributed by atoms with van der Waals surface area (Å²) in [6.45, 7) is 16.7. The van der Waals surface area contributed by atoms with E-state index in [1.807, 2.05) is 38.9 Å². The number of primary amides is 1. The lowest BCUT2D eigenvalue weighted by Crippen LogP contribution is -2.61. The van der Waals surface area contributed by atoms with E-state index in [-0.39, 0.29) is 56.9 Å². The molecule has 19 nitrogen and oxygen atoms in total. The van der Waals surface area contributed by atoms with Crippen LogP contribution in [0.3, 0.4) is 0 Å². The summed E-state index contributed by atoms with van der Waals surface area (Å²) in [4.78, 5) is 72.1. The van der Waals surface area contributed by atoms with Crippen LogP contribution < -0.4 is 5.73 Å². The summed E-state index contributed by atoms with van der Waals surface area (Å²) < 4.78 is 40.6. The summed E-state index contributed by atoms with van der Waals surface area (Å²) in [5.74, 6) is -5.94. The highest BCUT2D eigenvalue weighted by molar-refractivity contribution is 6.01. The molecule has 5 heterocycles. The fourth-order valence-electron chi connectivity index (χ4n) is 9.45. The molecule has 19 heteroatoms. The van der Waals surface area contributed by atoms with Crippen molar-refractivity contribution in [2.24, 2.45) is 39.6 Å². The van der Waals surface area contributed by atoms with Crippen molar-refractivity contribution in [1.82, 2.24) is 19.7 Å². The van der Waals surface area contributed by atoms with Crippen molar-refractivity contribution < 1.29 is 57.5 Å². The molecule has 13 atom stereocenters. The van der Waals surface area contributed by atoms with Crippen LogP contribution in [0.15, 0.2) is 59.6 Å². The summed E-state index contributed by atoms with van der Waals surface area (Å²) in [6, 6.07) is 5.05. The minimum Gasteiger partial charge on any atom is -0.457 e. The molecule has 3 saturated heterocycles. The number of likely N-dealkylation sites (N-methyl/N-ethyl adjacent to an activating group) is 1. The smallest absolute Gasteiger partial charge is 0.405 e. The highest BCUT2D eigenvalue weighted by Crippen LogP contribution is 2.41. The van der Waals surface area contributed by atoms with E-state index in [0.717, 1.165) is 5.69 Å². The molecular weight excluding hydrogens is 843 g/mol. The number of aromatic nitrogens is 3. The monoisotopic (exact) mass is 909 g/mol. The zero-order valence-corrected chi connectivity index (χ0v) is 39.2. The number of cyclic esters (lactones) is 1. The van der Waals surface area contributed by atoms with Gasteiger partial charge in [-0.05, 0) is 84.7 Å². The van der Waals surface area contributed by atoms with Gasteiger partial charge >= 0.3 is 12.1 Å². The number of aliphatic hydroxyl groups excluding tert-OH is 1. The predicted molar refractivity (Wildman–Crippen MR) is 238 cm³/mol. The SMILES string of the molecule is C=CCC1C(=O)O[C@H](CC)[C@@](C)(OC(N)=O)[C@H]2OC/C(=N\OCc3ccc(-n4cccn4)cn3)CO[C@](C)(C[C@@H](C)C(=NC(C)=O)[C@@H]2C)[C@H](O[C@@H]2O[C@H](C)C[C@H](N(C)C)[C@H]2O)[C@@H](C)C1=O. The molecule has 2 amide bonds. The van der Waals surface area contributed by atoms with Gasteiger partial charge in [-0.15, -0.1) is 6.58 Å². The van der Waals surface area contributed by atoms with Crippen LogP contribution in [-0.2, 0) is 54.2 Å². The second-order valence-corrected chi connectivity index (χ2v) is 18.0. The molecule has 0 spiro atoms. The normalized spacial score (nSPS) is 35.4. The Kier molecular flexibility index (Phi) is 17.3. The number of aliphatic imine (C=N–C) groups is 1. The summed E-state index contributed by atoms with van der Waals surface area (Å²) in [7, 11) is 3.70. The number of pyridine rings is 1. The Balaban J connectivity index is 1.71. The number of esters is 1. The lowest BCUT2D eigenvalue weighted by Gasteiger charge is -2.47. The topological polar surface area (TPSA) is 238 Å². The van der Waals surface area contributed by atoms with Crippen LogP contribution in [0.25, 0.3) is 5.69 Å². The van der Waals surface area contributed by atoms with Crippen LogP contribution in [0, 0.1) is 23.7 Å². The molecule has 3 aliphatic rings. The molecule has 0 aliphatic carbocycles. The van der Waals surface area contributed by atoms with Crippen molar-refractivity contribution in [3.8, 4) is 5.69 Å². The largest absolute Gasteiger partial charge is 0.457 e. The lowest BCUT2D eigenvalue weighted by atomic mass is 9.73. The Labute approximate surface area is 381 Å². The van der Waals surface area contributed by atoms with E-state index in [1.165, 1.54) is 19.9 Å². The van der Waals surface area contributed by atoms with Gasteiger partial charge in [-0.25, -0.2) is 14.5 Å². The number of ether oxygens (including phenoxy) is 6. The van der Waals surface area contributed by atoms with Gasteiger partial charge in [0.2, 0.25) is 5.91 Å². The van der Waals surface area contributed by atoms with Gasteiger partial charge in [0.1, 0.15) is 29.9 Å². The van der Waals surface area contributed by atoms with Gasteiger partial charge in [0.15, 0.2) is 24.3 Å². The number of fused-ring (bicyclic) bond motifs is 5. The Hall–Kier alpha value is -4.92. The molecule has 65 heavy (non-hydrogen) atoms. The summed E-state index contributed by atoms with van der Waals surface area (Å²) in [6.07, 6.45) is -0.484. The third-order valence-electron chi connectivity index (χ3n) is 12.7. The number of aliphatic hydroxyl groups is 1. The fourth-order valence-corrected chi connectivity index (χ4v) is 9.45. The maximum atomic E-state index is 15.0. The van der Waals surface area contributed by atoms with Crippen molar-refractivity contribution >= 4 is 35.2 Å². The average Bonchev–Trinajstić information content (AvgIpc) is 3.79. The van der Waals surface area contributed by atoms with Crippen molar-refractivity contribution in [2.75, 3.05) is 27.3 Å². The Morgan fingerprint density at radius 2 is 1.88 bits per heavy atom. The molecule has 3 N–H and O–H groups in total. The van der Waals surface area contributed by atoms with Crippen molar-refractivity contribution in [3.05, 3.63) is 55.1 Å². The molecule has 2 aromatic heterocycles. The predicted octanol–water partition coefficient (Wildman–Crippen LogP) is 4.36. The molecule has 3 fully saturated rings. The van der Waals surface area contributed by atoms with E-state index in [4.69, 9.17) is 39.0 Å². The number of oxime groups is 1. The minimum absolute atomic E-state index is 0.0487. The number of carbonyl (C=O) groups is 4. The van der Waals surface area contributed by atoms with E-state index in [2.05, 4.69) is 26.8 Å². The molecule has 3 aliphatic heterocycles. The Morgan fingerprint density at radius 3 is 2.48 bits per heavy atom. The van der Waals surface area contributed by atoms with E-state index >= 15 is 0 Å². The van der Waals surface area contributed by atoms with Gasteiger partial charge in [-0.1, -0.05) is 38.9 Å². The third kappa shape index (κ3) is 12.1. The number of carbonyl (C=O) groups excluding carboxylic acids is 4. The zero-order valence-electron chi connectivity index (χ0n) is 39.2. The summed E-state index contributed by atoms with van der Waals surface area (Å²) in [5, 5.41) is 20.5. The maximum absolute atomic E-state index is 15.0. The highest BCUT2D eigenvalue weighted by Gasteiger charge is 2.55. The molecule has 1 unspecified atom stereocenters. The third-order valence-corrected chi connectivity index (χ3v) is 12.7. The molecule has 2 bridgehead atoms. The van der Waals surface area contributed by atoms with Gasteiger partial charge in [0.05, 0.1) is 48.6 Å². The van der Waals surface area contributed by atoms with Crippen LogP contribution in [0.1, 0.15) is 86.8 Å². The van der Waals surface area contributed by atoms with E-state index in [0.29, 0.717) is 17.8 Å². The number of hydrogen-bond acceptors (Lipinski definition) is 16. The molecular formula is C46H67N7O12. The number of allylic oxidation sites excluding steroid dienone is 1. The first-order valence-corrected chi connectivity index (χ1v) is 22.2. The average molecular weight is 910 g/mol. The van der Waals surface area contributed by atoms with E-state index < -0.39 is 89.3 Å². The maximum Gasteiger partial charge on any atom is 0.405 e. The van der Waals surface area contributed by atoms with Crippen LogP contribution in [0.5, 0.6) is 0 Å². The lowest BCUT2D eigenvalue weighted by molar-refractivity contribution is -0.296. The zero-order chi connectivity index (χ0) is 47.8. The van der Waals surface area contributed by atoms with Gasteiger partial charge in [-0.2, -0.15) is 5.10 Å². The minimum atomic E-state index is -1.84. The number of amides is 2. The van der Waals surface area contributed by atoms with Gasteiger partial charge in [0.25, 0.3) is 0 Å². The number of nitrogens with two attached hydrogens (primary N) is 1. The first-order valence-electron chi connectivity index (χ1n) is 22.2. The fraction of sp³-hybridized carbons (Fsp3) is 0.652. The molecule has 5 rings (SSSR count). The first-order chi connectivity index (χ1) is 30.7. The Morgan fingerprint density at radius 1 is 1.14 bits per heavy atom. The van der Waals surface area contributed by atoms with Crippen LogP contribution in [0.4, 0.5) is 4.79 Å². The van der Waals surface area contributed by atoms with Crippen molar-refractivity contribution in [1.29, 1.82) is 0 Å². The highest BCUT2D eigenvalue weighted by atomic mass is 16.7. The number of ketones is 1. The second kappa shape index (κ2) is 22.0. The Bertz CT molecular complexity index is 2030. The number of rotatable bonds is 11. The molecule has 358 valence electrons. The van der Waals surface area contributed by atoms with Crippen LogP contribution >= 0.6 is 0 Å². The summed E-state index contributed by atoms with van der Waals surface area (Å²) in [5.41, 5.74) is 4.30. The number of hydrogen-bond donors (Lipinski definition) is 2. The molecule has 2 aromatic rings. The summed E-state index contributed by atoms with van der Waals surface area (Å²) >= 11 is 0. The molecule has 0 aromatic carbocycles. The quantitative estimate of drug-likeness (QED) is 0.138. The van der Waals surface area contributed by atoms with Crippen molar-refractivity contribution in [2.45, 2.75) is 142 Å². The molecule has 0 saturated carbocycles. The van der Waals surface area contributed by atoms with Crippen LogP contribution in [-0.4, -0.2) is 141 Å². The second-order valence-electron chi connectivity index (χ2n) is 18.0. The number of Topliss-reactive ketones (excluding diaryl/α,β-unsaturated/α-hetero) is 1. The molecule has 0 radical (unpaired) electrons. The standard InChI is InChI=1S/C46H67N7O12/c1-12-15-34-38(55)29(6)40(64-43-39(56)35(52(10)11)20-27(4)62-43)45(8)21-26(3)37(50-30(7)54)28(5)41(46(9,65-44(47)58)36(13-2)63-42(34)57)59-23-32(24-60-45)51-61-25-31-16-17-33(22-48-31)53-19-14-18-49-53/h12,14,16-19,22,26-29,34-36,39-41,43,56H,1,13,15,20-21,23-25H2,2-11H3,(H2,47,58)/b50-37?,51-32+/t26-,27-,28+,29+,34?,35+,36-,39-,40-,41+,43+,45-,46-/m1/s1. The van der Waals surface area contributed by atoms with Gasteiger partial charge < -0.3 is 49.0 Å². The van der Waals surface area contributed by atoms with Gasteiger partial charge in [0, 0.05) is 42.9 Å². The first kappa shape index (κ1) is 51.1.